The lowest BCUT2D eigenvalue weighted by atomic mass is 10.1. The van der Waals surface area contributed by atoms with Gasteiger partial charge in [-0.3, -0.25) is 14.4 Å². The fraction of sp³-hybridized carbons (Fsp3) is 0.526. The molecule has 0 aromatic heterocycles. The number of ether oxygens (including phenoxy) is 2. The van der Waals surface area contributed by atoms with Crippen LogP contribution in [0.3, 0.4) is 0 Å². The number of nitrogens with zero attached hydrogens (tertiary/aromatic N) is 3. The summed E-state index contributed by atoms with van der Waals surface area (Å²) in [5.74, 6) is 1.13. The number of carbonyl (C=O) groups excluding carboxylic acids is 3. The molecule has 1 heterocycles. The van der Waals surface area contributed by atoms with Crippen LogP contribution in [0.2, 0.25) is 0 Å². The van der Waals surface area contributed by atoms with Crippen molar-refractivity contribution in [2.24, 2.45) is 0 Å². The molecule has 148 valence electrons. The zero-order valence-electron chi connectivity index (χ0n) is 16.1. The SMILES string of the molecule is COc1ccc(CN(CCC(=O)N2CCN(C=O)CC2)C(C)=O)cc1OC. The van der Waals surface area contributed by atoms with Gasteiger partial charge in [-0.1, -0.05) is 6.07 Å². The first-order valence-electron chi connectivity index (χ1n) is 8.92. The van der Waals surface area contributed by atoms with Gasteiger partial charge in [0.25, 0.3) is 0 Å². The topological polar surface area (TPSA) is 79.4 Å². The van der Waals surface area contributed by atoms with Crippen molar-refractivity contribution in [2.75, 3.05) is 46.9 Å². The maximum Gasteiger partial charge on any atom is 0.224 e. The smallest absolute Gasteiger partial charge is 0.224 e. The molecule has 1 aliphatic heterocycles. The lowest BCUT2D eigenvalue weighted by molar-refractivity contribution is -0.136. The molecule has 3 amide bonds. The average Bonchev–Trinajstić information content (AvgIpc) is 2.70. The number of methoxy groups -OCH3 is 2. The molecule has 1 aromatic rings. The Morgan fingerprint density at radius 3 is 2.33 bits per heavy atom. The maximum absolute atomic E-state index is 12.4. The summed E-state index contributed by atoms with van der Waals surface area (Å²) in [7, 11) is 3.13. The van der Waals surface area contributed by atoms with E-state index in [9.17, 15) is 14.4 Å². The molecule has 0 bridgehead atoms. The van der Waals surface area contributed by atoms with E-state index in [-0.39, 0.29) is 18.2 Å². The fourth-order valence-electron chi connectivity index (χ4n) is 3.01. The normalized spacial score (nSPS) is 13.9. The lowest BCUT2D eigenvalue weighted by Gasteiger charge is -2.33. The van der Waals surface area contributed by atoms with Crippen LogP contribution in [-0.2, 0) is 20.9 Å². The van der Waals surface area contributed by atoms with Crippen molar-refractivity contribution in [3.63, 3.8) is 0 Å². The molecule has 1 fully saturated rings. The van der Waals surface area contributed by atoms with Crippen LogP contribution in [0.15, 0.2) is 18.2 Å². The largest absolute Gasteiger partial charge is 0.493 e. The van der Waals surface area contributed by atoms with Crippen molar-refractivity contribution >= 4 is 18.2 Å². The van der Waals surface area contributed by atoms with E-state index in [1.165, 1.54) is 6.92 Å². The molecule has 8 heteroatoms. The Bertz CT molecular complexity index is 671. The predicted octanol–water partition coefficient (Wildman–Crippen LogP) is 0.743. The zero-order chi connectivity index (χ0) is 19.8. The van der Waals surface area contributed by atoms with Crippen LogP contribution in [0.5, 0.6) is 11.5 Å². The Morgan fingerprint density at radius 2 is 1.78 bits per heavy atom. The molecule has 1 saturated heterocycles. The first kappa shape index (κ1) is 20.5. The standard InChI is InChI=1S/C19H27N3O5/c1-15(24)22(13-16-4-5-17(26-2)18(12-16)27-3)7-6-19(25)21-10-8-20(14-23)9-11-21/h4-5,12,14H,6-11,13H2,1-3H3. The highest BCUT2D eigenvalue weighted by molar-refractivity contribution is 5.78. The predicted molar refractivity (Wildman–Crippen MR) is 99.5 cm³/mol. The van der Waals surface area contributed by atoms with Crippen molar-refractivity contribution in [3.05, 3.63) is 23.8 Å². The highest BCUT2D eigenvalue weighted by Crippen LogP contribution is 2.28. The summed E-state index contributed by atoms with van der Waals surface area (Å²) in [5.41, 5.74) is 0.898. The molecule has 1 aliphatic rings. The molecule has 0 unspecified atom stereocenters. The molecule has 0 saturated carbocycles. The molecule has 2 rings (SSSR count). The number of amides is 3. The summed E-state index contributed by atoms with van der Waals surface area (Å²) < 4.78 is 10.5. The zero-order valence-corrected chi connectivity index (χ0v) is 16.1. The molecular weight excluding hydrogens is 350 g/mol. The van der Waals surface area contributed by atoms with Crippen LogP contribution in [0.25, 0.3) is 0 Å². The van der Waals surface area contributed by atoms with Gasteiger partial charge in [0.05, 0.1) is 14.2 Å². The van der Waals surface area contributed by atoms with Crippen molar-refractivity contribution in [1.82, 2.24) is 14.7 Å². The van der Waals surface area contributed by atoms with Crippen molar-refractivity contribution < 1.29 is 23.9 Å². The van der Waals surface area contributed by atoms with Crippen LogP contribution in [-0.4, -0.2) is 79.9 Å². The Kier molecular flexibility index (Phi) is 7.45. The van der Waals surface area contributed by atoms with Gasteiger partial charge in [0, 0.05) is 52.6 Å². The second kappa shape index (κ2) is 9.80. The quantitative estimate of drug-likeness (QED) is 0.625. The molecular formula is C19H27N3O5. The third-order valence-electron chi connectivity index (χ3n) is 4.68. The molecule has 8 nitrogen and oxygen atoms in total. The van der Waals surface area contributed by atoms with Gasteiger partial charge >= 0.3 is 0 Å². The summed E-state index contributed by atoms with van der Waals surface area (Å²) in [5, 5.41) is 0. The number of rotatable bonds is 8. The van der Waals surface area contributed by atoms with Crippen molar-refractivity contribution in [1.29, 1.82) is 0 Å². The molecule has 0 atom stereocenters. The first-order chi connectivity index (χ1) is 13.0. The third-order valence-corrected chi connectivity index (χ3v) is 4.68. The summed E-state index contributed by atoms with van der Waals surface area (Å²) in [6.07, 6.45) is 1.07. The van der Waals surface area contributed by atoms with E-state index in [0.717, 1.165) is 12.0 Å². The van der Waals surface area contributed by atoms with Crippen molar-refractivity contribution in [2.45, 2.75) is 19.9 Å². The molecule has 1 aromatic carbocycles. The summed E-state index contributed by atoms with van der Waals surface area (Å²) in [6.45, 7) is 4.40. The Hall–Kier alpha value is -2.77. The van der Waals surface area contributed by atoms with Crippen LogP contribution in [0, 0.1) is 0 Å². The second-order valence-electron chi connectivity index (χ2n) is 6.40. The van der Waals surface area contributed by atoms with Crippen LogP contribution in [0.1, 0.15) is 18.9 Å². The monoisotopic (exact) mass is 377 g/mol. The van der Waals surface area contributed by atoms with Gasteiger partial charge in [-0.2, -0.15) is 0 Å². The minimum Gasteiger partial charge on any atom is -0.493 e. The van der Waals surface area contributed by atoms with Gasteiger partial charge in [0.2, 0.25) is 18.2 Å². The van der Waals surface area contributed by atoms with E-state index >= 15 is 0 Å². The van der Waals surface area contributed by atoms with E-state index in [0.29, 0.717) is 50.8 Å². The van der Waals surface area contributed by atoms with E-state index in [2.05, 4.69) is 0 Å². The van der Waals surface area contributed by atoms with Gasteiger partial charge < -0.3 is 24.2 Å². The number of hydrogen-bond donors (Lipinski definition) is 0. The Morgan fingerprint density at radius 1 is 1.11 bits per heavy atom. The number of benzene rings is 1. The minimum absolute atomic E-state index is 0.000824. The highest BCUT2D eigenvalue weighted by Gasteiger charge is 2.21. The van der Waals surface area contributed by atoms with Gasteiger partial charge in [-0.25, -0.2) is 0 Å². The maximum atomic E-state index is 12.4. The Labute approximate surface area is 159 Å². The van der Waals surface area contributed by atoms with Gasteiger partial charge in [-0.15, -0.1) is 0 Å². The van der Waals surface area contributed by atoms with Crippen LogP contribution >= 0.6 is 0 Å². The highest BCUT2D eigenvalue weighted by atomic mass is 16.5. The minimum atomic E-state index is -0.0941. The van der Waals surface area contributed by atoms with Crippen molar-refractivity contribution in [3.8, 4) is 11.5 Å². The summed E-state index contributed by atoms with van der Waals surface area (Å²) in [4.78, 5) is 40.2. The number of piperazine rings is 1. The lowest BCUT2D eigenvalue weighted by Crippen LogP contribution is -2.48. The van der Waals surface area contributed by atoms with Gasteiger partial charge in [0.1, 0.15) is 0 Å². The van der Waals surface area contributed by atoms with E-state index < -0.39 is 0 Å². The fourth-order valence-corrected chi connectivity index (χ4v) is 3.01. The number of carbonyl (C=O) groups is 3. The molecule has 0 aliphatic carbocycles. The van der Waals surface area contributed by atoms with Crippen LogP contribution < -0.4 is 9.47 Å². The van der Waals surface area contributed by atoms with E-state index in [4.69, 9.17) is 9.47 Å². The molecule has 0 radical (unpaired) electrons. The van der Waals surface area contributed by atoms with Crippen LogP contribution in [0.4, 0.5) is 0 Å². The molecule has 0 spiro atoms. The molecule has 27 heavy (non-hydrogen) atoms. The third kappa shape index (κ3) is 5.60. The van der Waals surface area contributed by atoms with Gasteiger partial charge in [0.15, 0.2) is 11.5 Å². The van der Waals surface area contributed by atoms with E-state index in [1.807, 2.05) is 12.1 Å². The summed E-state index contributed by atoms with van der Waals surface area (Å²) in [6, 6.07) is 5.50. The van der Waals surface area contributed by atoms with Gasteiger partial charge in [-0.05, 0) is 17.7 Å². The first-order valence-corrected chi connectivity index (χ1v) is 8.92. The second-order valence-corrected chi connectivity index (χ2v) is 6.40. The number of hydrogen-bond acceptors (Lipinski definition) is 5. The summed E-state index contributed by atoms with van der Waals surface area (Å²) >= 11 is 0. The molecule has 0 N–H and O–H groups in total. The van der Waals surface area contributed by atoms with E-state index in [1.54, 1.807) is 35.0 Å². The average molecular weight is 377 g/mol. The Balaban J connectivity index is 1.93.